The third kappa shape index (κ3) is 6.07. The molecule has 0 saturated carbocycles. The Morgan fingerprint density at radius 3 is 2.39 bits per heavy atom. The van der Waals surface area contributed by atoms with Crippen LogP contribution in [0, 0.1) is 12.8 Å². The smallest absolute Gasteiger partial charge is 0.413 e. The number of aliphatic hydroxyl groups is 1. The maximum Gasteiger partial charge on any atom is 0.413 e. The quantitative estimate of drug-likeness (QED) is 0.726. The summed E-state index contributed by atoms with van der Waals surface area (Å²) in [4.78, 5) is 26.9. The number of esters is 1. The molecule has 6 nitrogen and oxygen atoms in total. The number of hydrogen-bond acceptors (Lipinski definition) is 5. The van der Waals surface area contributed by atoms with Crippen LogP contribution < -0.4 is 0 Å². The first-order valence-corrected chi connectivity index (χ1v) is 10.6. The molecule has 6 heteroatoms. The number of amides is 1. The molecule has 3 atom stereocenters. The lowest BCUT2D eigenvalue weighted by molar-refractivity contribution is -0.152. The van der Waals surface area contributed by atoms with E-state index in [0.717, 1.165) is 21.6 Å². The van der Waals surface area contributed by atoms with Gasteiger partial charge in [-0.15, -0.1) is 0 Å². The topological polar surface area (TPSA) is 76.1 Å². The zero-order valence-electron chi connectivity index (χ0n) is 18.6. The van der Waals surface area contributed by atoms with Crippen molar-refractivity contribution >= 4 is 12.1 Å². The van der Waals surface area contributed by atoms with Crippen molar-refractivity contribution in [1.29, 1.82) is 0 Å². The fourth-order valence-corrected chi connectivity index (χ4v) is 3.85. The van der Waals surface area contributed by atoms with Crippen LogP contribution in [-0.2, 0) is 27.3 Å². The lowest BCUT2D eigenvalue weighted by Gasteiger charge is -2.30. The number of hydrogen-bond donors (Lipinski definition) is 1. The van der Waals surface area contributed by atoms with Gasteiger partial charge in [-0.3, -0.25) is 4.90 Å². The minimum atomic E-state index is -1.13. The molecule has 1 amide bonds. The van der Waals surface area contributed by atoms with Crippen molar-refractivity contribution in [2.24, 2.45) is 5.92 Å². The third-order valence-electron chi connectivity index (χ3n) is 5.25. The van der Waals surface area contributed by atoms with Gasteiger partial charge in [0.15, 0.2) is 0 Å². The summed E-state index contributed by atoms with van der Waals surface area (Å²) in [5.41, 5.74) is 2.28. The van der Waals surface area contributed by atoms with E-state index < -0.39 is 29.9 Å². The van der Waals surface area contributed by atoms with Crippen LogP contribution in [-0.4, -0.2) is 39.9 Å². The fraction of sp³-hybridized carbons (Fsp3) is 0.440. The number of likely N-dealkylation sites (tertiary alicyclic amines) is 1. The van der Waals surface area contributed by atoms with Crippen molar-refractivity contribution in [2.45, 2.75) is 65.0 Å². The Morgan fingerprint density at radius 1 is 1.06 bits per heavy atom. The summed E-state index contributed by atoms with van der Waals surface area (Å²) in [6.07, 6.45) is -0.995. The summed E-state index contributed by atoms with van der Waals surface area (Å²) in [6, 6.07) is 16.5. The highest BCUT2D eigenvalue weighted by molar-refractivity contribution is 5.82. The first-order valence-electron chi connectivity index (χ1n) is 10.6. The van der Waals surface area contributed by atoms with E-state index in [1.165, 1.54) is 0 Å². The van der Waals surface area contributed by atoms with Crippen molar-refractivity contribution < 1.29 is 24.2 Å². The van der Waals surface area contributed by atoms with E-state index in [2.05, 4.69) is 0 Å². The van der Waals surface area contributed by atoms with Crippen LogP contribution in [0.4, 0.5) is 4.79 Å². The number of aliphatic hydroxyl groups excluding tert-OH is 1. The summed E-state index contributed by atoms with van der Waals surface area (Å²) < 4.78 is 11.0. The number of aryl methyl sites for hydroxylation is 1. The van der Waals surface area contributed by atoms with Gasteiger partial charge in [-0.2, -0.15) is 0 Å². The summed E-state index contributed by atoms with van der Waals surface area (Å²) in [6.45, 7) is 7.36. The van der Waals surface area contributed by atoms with Gasteiger partial charge in [0.25, 0.3) is 0 Å². The Balaban J connectivity index is 1.77. The van der Waals surface area contributed by atoms with Crippen LogP contribution in [0.15, 0.2) is 54.6 Å². The standard InChI is InChI=1S/C25H31NO5/c1-17-9-8-12-19(13-17)14-20-15-21(23(28)30-16-18-10-6-5-7-11-18)26(22(20)27)24(29)31-25(2,3)4/h5-13,20-22,27H,14-16H2,1-4H3/t20-,21+,22?/m0/s1. The van der Waals surface area contributed by atoms with E-state index in [-0.39, 0.29) is 12.5 Å². The van der Waals surface area contributed by atoms with E-state index in [1.807, 2.05) is 61.5 Å². The molecule has 2 aromatic rings. The molecular weight excluding hydrogens is 394 g/mol. The van der Waals surface area contributed by atoms with Crippen LogP contribution in [0.25, 0.3) is 0 Å². The molecule has 1 heterocycles. The van der Waals surface area contributed by atoms with Gasteiger partial charge < -0.3 is 14.6 Å². The summed E-state index contributed by atoms with van der Waals surface area (Å²) in [5, 5.41) is 11.0. The highest BCUT2D eigenvalue weighted by Gasteiger charge is 2.48. The van der Waals surface area contributed by atoms with Crippen LogP contribution in [0.1, 0.15) is 43.9 Å². The molecule has 166 valence electrons. The van der Waals surface area contributed by atoms with Crippen molar-refractivity contribution in [3.8, 4) is 0 Å². The zero-order chi connectivity index (χ0) is 22.6. The molecule has 1 aliphatic rings. The van der Waals surface area contributed by atoms with Gasteiger partial charge in [-0.05, 0) is 51.7 Å². The third-order valence-corrected chi connectivity index (χ3v) is 5.25. The van der Waals surface area contributed by atoms with E-state index in [1.54, 1.807) is 20.8 Å². The van der Waals surface area contributed by atoms with Gasteiger partial charge in [0, 0.05) is 5.92 Å². The minimum absolute atomic E-state index is 0.108. The van der Waals surface area contributed by atoms with Crippen LogP contribution in [0.5, 0.6) is 0 Å². The average Bonchev–Trinajstić information content (AvgIpc) is 3.02. The number of carbonyl (C=O) groups is 2. The second kappa shape index (κ2) is 9.52. The van der Waals surface area contributed by atoms with Gasteiger partial charge in [-0.25, -0.2) is 9.59 Å². The molecule has 0 radical (unpaired) electrons. The maximum atomic E-state index is 12.9. The Labute approximate surface area is 183 Å². The van der Waals surface area contributed by atoms with Crippen molar-refractivity contribution in [3.63, 3.8) is 0 Å². The van der Waals surface area contributed by atoms with Gasteiger partial charge in [0.2, 0.25) is 0 Å². The summed E-state index contributed by atoms with van der Waals surface area (Å²) in [7, 11) is 0. The van der Waals surface area contributed by atoms with Crippen molar-refractivity contribution in [1.82, 2.24) is 4.90 Å². The molecular formula is C25H31NO5. The van der Waals surface area contributed by atoms with Crippen molar-refractivity contribution in [2.75, 3.05) is 0 Å². The molecule has 1 aliphatic heterocycles. The van der Waals surface area contributed by atoms with Crippen molar-refractivity contribution in [3.05, 3.63) is 71.3 Å². The largest absolute Gasteiger partial charge is 0.459 e. The predicted molar refractivity (Wildman–Crippen MR) is 117 cm³/mol. The monoisotopic (exact) mass is 425 g/mol. The average molecular weight is 426 g/mol. The zero-order valence-corrected chi connectivity index (χ0v) is 18.6. The van der Waals surface area contributed by atoms with Crippen LogP contribution >= 0.6 is 0 Å². The molecule has 3 rings (SSSR count). The van der Waals surface area contributed by atoms with Crippen LogP contribution in [0.2, 0.25) is 0 Å². The molecule has 0 spiro atoms. The number of benzene rings is 2. The molecule has 0 bridgehead atoms. The van der Waals surface area contributed by atoms with Gasteiger partial charge in [0.1, 0.15) is 24.5 Å². The number of rotatable bonds is 5. The Bertz CT molecular complexity index is 906. The molecule has 31 heavy (non-hydrogen) atoms. The van der Waals surface area contributed by atoms with E-state index >= 15 is 0 Å². The van der Waals surface area contributed by atoms with Gasteiger partial charge in [0.05, 0.1) is 0 Å². The Kier molecular flexibility index (Phi) is 7.01. The molecule has 0 aliphatic carbocycles. The van der Waals surface area contributed by atoms with E-state index in [4.69, 9.17) is 9.47 Å². The Morgan fingerprint density at radius 2 is 1.74 bits per heavy atom. The Hall–Kier alpha value is -2.86. The van der Waals surface area contributed by atoms with Crippen LogP contribution in [0.3, 0.4) is 0 Å². The molecule has 1 N–H and O–H groups in total. The lowest BCUT2D eigenvalue weighted by Crippen LogP contribution is -2.48. The van der Waals surface area contributed by atoms with E-state index in [0.29, 0.717) is 12.8 Å². The molecule has 2 aromatic carbocycles. The molecule has 0 aromatic heterocycles. The minimum Gasteiger partial charge on any atom is -0.459 e. The molecule has 1 saturated heterocycles. The maximum absolute atomic E-state index is 12.9. The first-order chi connectivity index (χ1) is 14.6. The lowest BCUT2D eigenvalue weighted by atomic mass is 9.95. The highest BCUT2D eigenvalue weighted by Crippen LogP contribution is 2.33. The SMILES string of the molecule is Cc1cccc(C[C@H]2C[C@H](C(=O)OCc3ccccc3)N(C(=O)OC(C)(C)C)C2O)c1. The first kappa shape index (κ1) is 22.8. The number of carbonyl (C=O) groups excluding carboxylic acids is 2. The summed E-state index contributed by atoms with van der Waals surface area (Å²) in [5.74, 6) is -0.843. The number of ether oxygens (including phenoxy) is 2. The molecule has 1 fully saturated rings. The van der Waals surface area contributed by atoms with Gasteiger partial charge in [-0.1, -0.05) is 60.2 Å². The second-order valence-corrected chi connectivity index (χ2v) is 9.10. The highest BCUT2D eigenvalue weighted by atomic mass is 16.6. The fourth-order valence-electron chi connectivity index (χ4n) is 3.85. The normalized spacial score (nSPS) is 21.1. The molecule has 1 unspecified atom stereocenters. The second-order valence-electron chi connectivity index (χ2n) is 9.10. The number of nitrogens with zero attached hydrogens (tertiary/aromatic N) is 1. The predicted octanol–water partition coefficient (Wildman–Crippen LogP) is 4.22. The van der Waals surface area contributed by atoms with Gasteiger partial charge >= 0.3 is 12.1 Å². The van der Waals surface area contributed by atoms with E-state index in [9.17, 15) is 14.7 Å². The summed E-state index contributed by atoms with van der Waals surface area (Å²) >= 11 is 0.